The highest BCUT2D eigenvalue weighted by molar-refractivity contribution is 7.99. The second-order valence-electron chi connectivity index (χ2n) is 7.61. The molecule has 2 heterocycles. The van der Waals surface area contributed by atoms with Gasteiger partial charge in [-0.15, -0.1) is 0 Å². The van der Waals surface area contributed by atoms with E-state index in [-0.39, 0.29) is 5.25 Å². The second-order valence-corrected chi connectivity index (χ2v) is 8.74. The number of hydrogen-bond acceptors (Lipinski definition) is 3. The van der Waals surface area contributed by atoms with Gasteiger partial charge in [0, 0.05) is 11.9 Å². The number of nitrogens with one attached hydrogen (secondary N) is 1. The zero-order valence-electron chi connectivity index (χ0n) is 16.8. The van der Waals surface area contributed by atoms with Crippen LogP contribution in [0.2, 0.25) is 0 Å². The summed E-state index contributed by atoms with van der Waals surface area (Å²) in [4.78, 5) is 5.12. The number of imidazole rings is 1. The molecule has 0 aliphatic carbocycles. The normalized spacial score (nSPS) is 16.2. The van der Waals surface area contributed by atoms with Gasteiger partial charge in [-0.2, -0.15) is 0 Å². The summed E-state index contributed by atoms with van der Waals surface area (Å²) in [6, 6.07) is 32.3. The molecular weight excluding hydrogens is 386 g/mol. The van der Waals surface area contributed by atoms with Gasteiger partial charge in [0.2, 0.25) is 0 Å². The van der Waals surface area contributed by atoms with Crippen LogP contribution in [0.25, 0.3) is 5.69 Å². The molecule has 0 unspecified atom stereocenters. The third kappa shape index (κ3) is 4.07. The third-order valence-electron chi connectivity index (χ3n) is 5.56. The minimum absolute atomic E-state index is 0.205. The molecule has 4 aromatic rings. The Morgan fingerprint density at radius 3 is 2.00 bits per heavy atom. The number of hydrogen-bond donors (Lipinski definition) is 1. The van der Waals surface area contributed by atoms with Crippen molar-refractivity contribution in [3.8, 4) is 5.69 Å². The van der Waals surface area contributed by atoms with Crippen LogP contribution in [0.4, 0.5) is 0 Å². The van der Waals surface area contributed by atoms with Gasteiger partial charge in [0.15, 0.2) is 0 Å². The minimum atomic E-state index is 0.205. The van der Waals surface area contributed by atoms with E-state index in [0.29, 0.717) is 6.04 Å². The first-order valence-corrected chi connectivity index (χ1v) is 11.4. The second kappa shape index (κ2) is 8.90. The summed E-state index contributed by atoms with van der Waals surface area (Å²) in [5.41, 5.74) is 3.75. The van der Waals surface area contributed by atoms with Crippen LogP contribution < -0.4 is 5.32 Å². The van der Waals surface area contributed by atoms with Crippen molar-refractivity contribution in [1.82, 2.24) is 14.9 Å². The van der Waals surface area contributed by atoms with Crippen molar-refractivity contribution in [2.75, 3.05) is 6.54 Å². The molecule has 5 rings (SSSR count). The highest BCUT2D eigenvalue weighted by atomic mass is 32.2. The topological polar surface area (TPSA) is 29.9 Å². The van der Waals surface area contributed by atoms with E-state index in [1.807, 2.05) is 11.8 Å². The highest BCUT2D eigenvalue weighted by Gasteiger charge is 2.25. The number of rotatable bonds is 6. The van der Waals surface area contributed by atoms with Crippen LogP contribution in [-0.2, 0) is 0 Å². The molecule has 150 valence electrons. The maximum absolute atomic E-state index is 5.12. The molecule has 1 fully saturated rings. The predicted molar refractivity (Wildman–Crippen MR) is 124 cm³/mol. The van der Waals surface area contributed by atoms with Crippen molar-refractivity contribution in [3.63, 3.8) is 0 Å². The number of nitrogens with zero attached hydrogens (tertiary/aromatic N) is 2. The fraction of sp³-hybridized carbons (Fsp3) is 0.192. The lowest BCUT2D eigenvalue weighted by Crippen LogP contribution is -2.17. The van der Waals surface area contributed by atoms with Crippen LogP contribution in [-0.4, -0.2) is 16.1 Å². The van der Waals surface area contributed by atoms with E-state index >= 15 is 0 Å². The first-order valence-electron chi connectivity index (χ1n) is 10.5. The molecule has 1 atom stereocenters. The summed E-state index contributed by atoms with van der Waals surface area (Å²) in [5.74, 6) is 1.11. The summed E-state index contributed by atoms with van der Waals surface area (Å²) in [6.45, 7) is 1.06. The molecule has 0 saturated carbocycles. The van der Waals surface area contributed by atoms with Crippen molar-refractivity contribution in [2.45, 2.75) is 29.2 Å². The lowest BCUT2D eigenvalue weighted by molar-refractivity contribution is 0.593. The molecule has 30 heavy (non-hydrogen) atoms. The van der Waals surface area contributed by atoms with Gasteiger partial charge in [-0.05, 0) is 42.6 Å². The number of aromatic nitrogens is 2. The van der Waals surface area contributed by atoms with Gasteiger partial charge in [0.05, 0.1) is 11.3 Å². The summed E-state index contributed by atoms with van der Waals surface area (Å²) in [5, 5.41) is 4.88. The van der Waals surface area contributed by atoms with Gasteiger partial charge in [0.25, 0.3) is 0 Å². The Bertz CT molecular complexity index is 1030. The SMILES string of the molecule is c1ccc(C(Sc2cn(-c3ccccc3)c([C@@H]3CCCN3)n2)c2ccccc2)cc1. The predicted octanol–water partition coefficient (Wildman–Crippen LogP) is 6.18. The standard InChI is InChI=1S/C26H25N3S/c1-4-11-20(12-5-1)25(21-13-6-2-7-14-21)30-24-19-29(22-15-8-3-9-16-22)26(28-24)23-17-10-18-27-23/h1-9,11-16,19,23,25,27H,10,17-18H2/t23-/m0/s1. The Kier molecular flexibility index (Phi) is 5.69. The zero-order chi connectivity index (χ0) is 20.2. The van der Waals surface area contributed by atoms with E-state index in [4.69, 9.17) is 4.98 Å². The van der Waals surface area contributed by atoms with Gasteiger partial charge in [-0.25, -0.2) is 4.98 Å². The maximum atomic E-state index is 5.12. The Hall–Kier alpha value is -2.82. The van der Waals surface area contributed by atoms with Crippen molar-refractivity contribution in [3.05, 3.63) is 114 Å². The largest absolute Gasteiger partial charge is 0.307 e. The third-order valence-corrected chi connectivity index (χ3v) is 6.78. The lowest BCUT2D eigenvalue weighted by atomic mass is 10.0. The Balaban J connectivity index is 1.54. The van der Waals surface area contributed by atoms with Crippen molar-refractivity contribution >= 4 is 11.8 Å². The summed E-state index contributed by atoms with van der Waals surface area (Å²) in [6.07, 6.45) is 4.54. The quantitative estimate of drug-likeness (QED) is 0.384. The Labute approximate surface area is 182 Å². The fourth-order valence-corrected chi connectivity index (χ4v) is 5.22. The van der Waals surface area contributed by atoms with E-state index in [1.54, 1.807) is 0 Å². The van der Waals surface area contributed by atoms with Gasteiger partial charge in [0.1, 0.15) is 10.9 Å². The molecule has 3 aromatic carbocycles. The monoisotopic (exact) mass is 411 g/mol. The Morgan fingerprint density at radius 2 is 1.43 bits per heavy atom. The summed E-state index contributed by atoms with van der Waals surface area (Å²) in [7, 11) is 0. The van der Waals surface area contributed by atoms with Gasteiger partial charge in [-0.3, -0.25) is 0 Å². The molecule has 1 N–H and O–H groups in total. The molecule has 0 spiro atoms. The van der Waals surface area contributed by atoms with Crippen molar-refractivity contribution in [1.29, 1.82) is 0 Å². The van der Waals surface area contributed by atoms with Crippen LogP contribution in [0, 0.1) is 0 Å². The van der Waals surface area contributed by atoms with Crippen molar-refractivity contribution < 1.29 is 0 Å². The highest BCUT2D eigenvalue weighted by Crippen LogP contribution is 2.41. The summed E-state index contributed by atoms with van der Waals surface area (Å²) < 4.78 is 2.26. The average Bonchev–Trinajstić information content (AvgIpc) is 3.49. The van der Waals surface area contributed by atoms with E-state index in [9.17, 15) is 0 Å². The molecule has 4 heteroatoms. The number of benzene rings is 3. The first kappa shape index (κ1) is 19.2. The number of thioether (sulfide) groups is 1. The van der Waals surface area contributed by atoms with E-state index in [0.717, 1.165) is 29.5 Å². The molecule has 3 nitrogen and oxygen atoms in total. The van der Waals surface area contributed by atoms with Gasteiger partial charge < -0.3 is 9.88 Å². The van der Waals surface area contributed by atoms with Crippen LogP contribution >= 0.6 is 11.8 Å². The van der Waals surface area contributed by atoms with Crippen LogP contribution in [0.15, 0.2) is 102 Å². The van der Waals surface area contributed by atoms with Gasteiger partial charge in [-0.1, -0.05) is 90.6 Å². The van der Waals surface area contributed by atoms with Crippen LogP contribution in [0.1, 0.15) is 41.1 Å². The first-order chi connectivity index (χ1) is 14.9. The fourth-order valence-electron chi connectivity index (χ4n) is 4.08. The molecule has 1 aliphatic rings. The molecular formula is C26H25N3S. The Morgan fingerprint density at radius 1 is 0.833 bits per heavy atom. The molecule has 0 amide bonds. The lowest BCUT2D eigenvalue weighted by Gasteiger charge is -2.16. The molecule has 1 aliphatic heterocycles. The summed E-state index contributed by atoms with van der Waals surface area (Å²) >= 11 is 1.82. The zero-order valence-corrected chi connectivity index (χ0v) is 17.6. The molecule has 1 saturated heterocycles. The van der Waals surface area contributed by atoms with E-state index < -0.39 is 0 Å². The van der Waals surface area contributed by atoms with Gasteiger partial charge >= 0.3 is 0 Å². The van der Waals surface area contributed by atoms with Crippen LogP contribution in [0.3, 0.4) is 0 Å². The molecule has 0 bridgehead atoms. The van der Waals surface area contributed by atoms with Crippen LogP contribution in [0.5, 0.6) is 0 Å². The minimum Gasteiger partial charge on any atom is -0.307 e. The maximum Gasteiger partial charge on any atom is 0.131 e. The van der Waals surface area contributed by atoms with E-state index in [1.165, 1.54) is 17.5 Å². The smallest absolute Gasteiger partial charge is 0.131 e. The molecule has 0 radical (unpaired) electrons. The average molecular weight is 412 g/mol. The van der Waals surface area contributed by atoms with Crippen molar-refractivity contribution in [2.24, 2.45) is 0 Å². The van der Waals surface area contributed by atoms with E-state index in [2.05, 4.69) is 107 Å². The molecule has 1 aromatic heterocycles. The number of para-hydroxylation sites is 1.